The van der Waals surface area contributed by atoms with E-state index in [1.807, 2.05) is 26.0 Å². The molecule has 0 aliphatic heterocycles. The van der Waals surface area contributed by atoms with Gasteiger partial charge in [-0.25, -0.2) is 12.8 Å². The highest BCUT2D eigenvalue weighted by Crippen LogP contribution is 2.27. The number of nitrogens with one attached hydrogen (secondary N) is 1. The Balaban J connectivity index is 1.89. The smallest absolute Gasteiger partial charge is 0.264 e. The fourth-order valence-corrected chi connectivity index (χ4v) is 4.97. The normalized spacial score (nSPS) is 12.0. The molecule has 0 bridgehead atoms. The average Bonchev–Trinajstić information content (AvgIpc) is 2.87. The van der Waals surface area contributed by atoms with Gasteiger partial charge in [0.1, 0.15) is 23.9 Å². The van der Waals surface area contributed by atoms with Gasteiger partial charge >= 0.3 is 0 Å². The summed E-state index contributed by atoms with van der Waals surface area (Å²) in [5.41, 5.74) is 1.15. The largest absolute Gasteiger partial charge is 0.497 e. The number of carbonyl (C=O) groups excluding carboxylic acids is 1. The number of anilines is 1. The predicted molar refractivity (Wildman–Crippen MR) is 133 cm³/mol. The SMILES string of the molecule is CCOc1ccc(N(CC(=O)N[C@@H](CC)c2ccc(OC)cc2)S(=O)(=O)c2ccc(F)cc2)cc1. The zero-order valence-electron chi connectivity index (χ0n) is 19.9. The van der Waals surface area contributed by atoms with Crippen molar-refractivity contribution in [2.75, 3.05) is 24.6 Å². The van der Waals surface area contributed by atoms with Gasteiger partial charge in [0.25, 0.3) is 10.0 Å². The first-order chi connectivity index (χ1) is 16.8. The Labute approximate surface area is 205 Å². The molecule has 35 heavy (non-hydrogen) atoms. The molecule has 186 valence electrons. The van der Waals surface area contributed by atoms with Crippen LogP contribution in [0.2, 0.25) is 0 Å². The van der Waals surface area contributed by atoms with E-state index < -0.39 is 28.3 Å². The summed E-state index contributed by atoms with van der Waals surface area (Å²) in [5, 5.41) is 2.91. The molecule has 3 rings (SSSR count). The van der Waals surface area contributed by atoms with Crippen LogP contribution < -0.4 is 19.1 Å². The third-order valence-electron chi connectivity index (χ3n) is 5.39. The summed E-state index contributed by atoms with van der Waals surface area (Å²) in [6, 6.07) is 17.9. The molecule has 0 saturated heterocycles. The van der Waals surface area contributed by atoms with E-state index in [1.165, 1.54) is 12.1 Å². The molecule has 1 atom stereocenters. The molecule has 0 radical (unpaired) electrons. The number of carbonyl (C=O) groups is 1. The van der Waals surface area contributed by atoms with Crippen LogP contribution in [0.3, 0.4) is 0 Å². The van der Waals surface area contributed by atoms with Gasteiger partial charge in [0.15, 0.2) is 0 Å². The van der Waals surface area contributed by atoms with Gasteiger partial charge in [0, 0.05) is 0 Å². The molecule has 0 heterocycles. The number of benzene rings is 3. The van der Waals surface area contributed by atoms with Gasteiger partial charge in [-0.3, -0.25) is 9.10 Å². The summed E-state index contributed by atoms with van der Waals surface area (Å²) < 4.78 is 52.0. The zero-order chi connectivity index (χ0) is 25.4. The molecule has 0 aliphatic carbocycles. The Morgan fingerprint density at radius 2 is 1.54 bits per heavy atom. The lowest BCUT2D eigenvalue weighted by Gasteiger charge is -2.26. The number of halogens is 1. The van der Waals surface area contributed by atoms with Crippen molar-refractivity contribution in [3.05, 3.63) is 84.2 Å². The minimum Gasteiger partial charge on any atom is -0.497 e. The van der Waals surface area contributed by atoms with E-state index in [4.69, 9.17) is 9.47 Å². The van der Waals surface area contributed by atoms with Crippen LogP contribution in [0.15, 0.2) is 77.7 Å². The average molecular weight is 501 g/mol. The lowest BCUT2D eigenvalue weighted by atomic mass is 10.0. The first-order valence-corrected chi connectivity index (χ1v) is 12.7. The zero-order valence-corrected chi connectivity index (χ0v) is 20.7. The van der Waals surface area contributed by atoms with Gasteiger partial charge in [-0.05, 0) is 79.6 Å². The topological polar surface area (TPSA) is 84.9 Å². The lowest BCUT2D eigenvalue weighted by molar-refractivity contribution is -0.120. The highest BCUT2D eigenvalue weighted by Gasteiger charge is 2.28. The van der Waals surface area contributed by atoms with Gasteiger partial charge in [0.2, 0.25) is 5.91 Å². The standard InChI is InChI=1S/C26H29FN2O5S/c1-4-25(19-6-12-22(33-3)13-7-19)28-26(30)18-29(21-10-14-23(15-11-21)34-5-2)35(31,32)24-16-8-20(27)9-17-24/h6-17,25H,4-5,18H2,1-3H3,(H,28,30)/t25-/m0/s1. The Morgan fingerprint density at radius 1 is 0.943 bits per heavy atom. The summed E-state index contributed by atoms with van der Waals surface area (Å²) in [5.74, 6) is 0.235. The Bertz CT molecular complexity index is 1210. The van der Waals surface area contributed by atoms with Crippen LogP contribution in [0.25, 0.3) is 0 Å². The van der Waals surface area contributed by atoms with Gasteiger partial charge in [0.05, 0.1) is 30.3 Å². The highest BCUT2D eigenvalue weighted by molar-refractivity contribution is 7.92. The monoisotopic (exact) mass is 500 g/mol. The maximum atomic E-state index is 13.5. The van der Waals surface area contributed by atoms with Crippen LogP contribution in [0.4, 0.5) is 10.1 Å². The van der Waals surface area contributed by atoms with Gasteiger partial charge in [-0.2, -0.15) is 0 Å². The number of methoxy groups -OCH3 is 1. The number of ether oxygens (including phenoxy) is 2. The van der Waals surface area contributed by atoms with Crippen LogP contribution in [-0.2, 0) is 14.8 Å². The second kappa shape index (κ2) is 11.7. The second-order valence-corrected chi connectivity index (χ2v) is 9.56. The van der Waals surface area contributed by atoms with E-state index >= 15 is 0 Å². The van der Waals surface area contributed by atoms with E-state index in [0.29, 0.717) is 24.5 Å². The minimum absolute atomic E-state index is 0.122. The molecule has 1 amide bonds. The molecular formula is C26H29FN2O5S. The lowest BCUT2D eigenvalue weighted by Crippen LogP contribution is -2.42. The quantitative estimate of drug-likeness (QED) is 0.413. The first-order valence-electron chi connectivity index (χ1n) is 11.2. The van der Waals surface area contributed by atoms with Crippen LogP contribution in [0.1, 0.15) is 31.9 Å². The first kappa shape index (κ1) is 26.0. The van der Waals surface area contributed by atoms with Crippen molar-refractivity contribution in [2.45, 2.75) is 31.2 Å². The van der Waals surface area contributed by atoms with Crippen LogP contribution in [0.5, 0.6) is 11.5 Å². The summed E-state index contributed by atoms with van der Waals surface area (Å²) in [6.07, 6.45) is 0.603. The molecule has 0 fully saturated rings. The molecule has 0 aromatic heterocycles. The third kappa shape index (κ3) is 6.51. The van der Waals surface area contributed by atoms with Crippen molar-refractivity contribution in [1.29, 1.82) is 0 Å². The third-order valence-corrected chi connectivity index (χ3v) is 7.17. The van der Waals surface area contributed by atoms with Gasteiger partial charge in [-0.1, -0.05) is 19.1 Å². The fraction of sp³-hybridized carbons (Fsp3) is 0.269. The summed E-state index contributed by atoms with van der Waals surface area (Å²) in [7, 11) is -2.58. The van der Waals surface area contributed by atoms with Gasteiger partial charge in [-0.15, -0.1) is 0 Å². The van der Waals surface area contributed by atoms with Crippen molar-refractivity contribution in [1.82, 2.24) is 5.32 Å². The maximum absolute atomic E-state index is 13.5. The van der Waals surface area contributed by atoms with Crippen molar-refractivity contribution in [2.24, 2.45) is 0 Å². The molecule has 1 N–H and O–H groups in total. The van der Waals surface area contributed by atoms with Crippen molar-refractivity contribution >= 4 is 21.6 Å². The van der Waals surface area contributed by atoms with E-state index in [1.54, 1.807) is 43.5 Å². The number of hydrogen-bond acceptors (Lipinski definition) is 5. The summed E-state index contributed by atoms with van der Waals surface area (Å²) in [6.45, 7) is 3.77. The molecule has 0 aliphatic rings. The van der Waals surface area contributed by atoms with E-state index in [-0.39, 0.29) is 16.6 Å². The van der Waals surface area contributed by atoms with Crippen LogP contribution >= 0.6 is 0 Å². The van der Waals surface area contributed by atoms with Crippen molar-refractivity contribution in [3.8, 4) is 11.5 Å². The molecular weight excluding hydrogens is 471 g/mol. The molecule has 7 nitrogen and oxygen atoms in total. The van der Waals surface area contributed by atoms with Crippen molar-refractivity contribution < 1.29 is 27.1 Å². The van der Waals surface area contributed by atoms with Gasteiger partial charge < -0.3 is 14.8 Å². The van der Waals surface area contributed by atoms with Crippen LogP contribution in [0, 0.1) is 5.82 Å². The van der Waals surface area contributed by atoms with Crippen LogP contribution in [-0.4, -0.2) is 34.6 Å². The fourth-order valence-electron chi connectivity index (χ4n) is 3.55. The second-order valence-electron chi connectivity index (χ2n) is 7.69. The Hall–Kier alpha value is -3.59. The number of sulfonamides is 1. The Morgan fingerprint density at radius 3 is 2.09 bits per heavy atom. The predicted octanol–water partition coefficient (Wildman–Crippen LogP) is 4.70. The van der Waals surface area contributed by atoms with E-state index in [2.05, 4.69) is 5.32 Å². The molecule has 3 aromatic carbocycles. The highest BCUT2D eigenvalue weighted by atomic mass is 32.2. The molecule has 9 heteroatoms. The number of rotatable bonds is 11. The molecule has 0 saturated carbocycles. The van der Waals surface area contributed by atoms with Crippen molar-refractivity contribution in [3.63, 3.8) is 0 Å². The molecule has 3 aromatic rings. The maximum Gasteiger partial charge on any atom is 0.264 e. The summed E-state index contributed by atoms with van der Waals surface area (Å²) >= 11 is 0. The number of amides is 1. The number of hydrogen-bond donors (Lipinski definition) is 1. The Kier molecular flexibility index (Phi) is 8.70. The number of nitrogens with zero attached hydrogens (tertiary/aromatic N) is 1. The molecule has 0 spiro atoms. The molecule has 0 unspecified atom stereocenters. The van der Waals surface area contributed by atoms with E-state index in [0.717, 1.165) is 22.0 Å². The minimum atomic E-state index is -4.16. The summed E-state index contributed by atoms with van der Waals surface area (Å²) in [4.78, 5) is 12.9. The van der Waals surface area contributed by atoms with E-state index in [9.17, 15) is 17.6 Å².